The van der Waals surface area contributed by atoms with E-state index in [4.69, 9.17) is 11.6 Å². The van der Waals surface area contributed by atoms with Crippen LogP contribution < -0.4 is 10.6 Å². The molecule has 2 N–H and O–H groups in total. The highest BCUT2D eigenvalue weighted by Gasteiger charge is 2.04. The lowest BCUT2D eigenvalue weighted by Gasteiger charge is -2.13. The summed E-state index contributed by atoms with van der Waals surface area (Å²) in [5.41, 5.74) is 1.17. The standard InChI is InChI=1S/C17H27ClN4O.HI/c1-4-5-10-19-17(21-13-16(23)22(2)3)20-11-9-14-7-6-8-15(18)12-14;/h6-8,12H,4-5,9-11,13H2,1-3H3,(H2,19,20,21);1H. The van der Waals surface area contributed by atoms with Crippen LogP contribution in [-0.4, -0.2) is 50.5 Å². The highest BCUT2D eigenvalue weighted by atomic mass is 127. The number of halogens is 2. The van der Waals surface area contributed by atoms with E-state index < -0.39 is 0 Å². The first-order chi connectivity index (χ1) is 11.0. The molecule has 0 aliphatic heterocycles. The van der Waals surface area contributed by atoms with Crippen molar-refractivity contribution in [2.24, 2.45) is 4.99 Å². The van der Waals surface area contributed by atoms with Gasteiger partial charge in [0.2, 0.25) is 5.91 Å². The average molecular weight is 467 g/mol. The zero-order chi connectivity index (χ0) is 17.1. The predicted molar refractivity (Wildman–Crippen MR) is 112 cm³/mol. The average Bonchev–Trinajstić information content (AvgIpc) is 2.51. The Morgan fingerprint density at radius 2 is 1.96 bits per heavy atom. The van der Waals surface area contributed by atoms with E-state index >= 15 is 0 Å². The summed E-state index contributed by atoms with van der Waals surface area (Å²) in [6.07, 6.45) is 3.02. The third kappa shape index (κ3) is 9.97. The van der Waals surface area contributed by atoms with E-state index in [-0.39, 0.29) is 36.4 Å². The number of hydrogen-bond donors (Lipinski definition) is 2. The Kier molecular flexibility index (Phi) is 12.7. The summed E-state index contributed by atoms with van der Waals surface area (Å²) in [4.78, 5) is 17.5. The van der Waals surface area contributed by atoms with Gasteiger partial charge in [-0.2, -0.15) is 0 Å². The molecule has 0 aliphatic rings. The number of nitrogens with zero attached hydrogens (tertiary/aromatic N) is 2. The SMILES string of the molecule is CCCCNC(=NCC(=O)N(C)C)NCCc1cccc(Cl)c1.I. The minimum absolute atomic E-state index is 0. The van der Waals surface area contributed by atoms with Gasteiger partial charge in [-0.15, -0.1) is 24.0 Å². The van der Waals surface area contributed by atoms with Gasteiger partial charge in [0, 0.05) is 32.2 Å². The van der Waals surface area contributed by atoms with Crippen LogP contribution in [0.4, 0.5) is 0 Å². The molecule has 1 aromatic rings. The van der Waals surface area contributed by atoms with Gasteiger partial charge in [0.05, 0.1) is 0 Å². The normalized spacial score (nSPS) is 10.8. The molecule has 5 nitrogen and oxygen atoms in total. The Labute approximate surface area is 167 Å². The summed E-state index contributed by atoms with van der Waals surface area (Å²) in [6.45, 7) is 3.86. The summed E-state index contributed by atoms with van der Waals surface area (Å²) in [5.74, 6) is 0.659. The Hall–Kier alpha value is -1.02. The molecule has 0 spiro atoms. The quantitative estimate of drug-likeness (QED) is 0.268. The first-order valence-electron chi connectivity index (χ1n) is 7.99. The third-order valence-corrected chi connectivity index (χ3v) is 3.52. The fraction of sp³-hybridized carbons (Fsp3) is 0.529. The van der Waals surface area contributed by atoms with Crippen LogP contribution in [0.25, 0.3) is 0 Å². The van der Waals surface area contributed by atoms with Crippen molar-refractivity contribution in [1.29, 1.82) is 0 Å². The van der Waals surface area contributed by atoms with Crippen LogP contribution in [0.2, 0.25) is 5.02 Å². The number of rotatable bonds is 8. The molecule has 0 atom stereocenters. The second-order valence-electron chi connectivity index (χ2n) is 5.54. The molecule has 24 heavy (non-hydrogen) atoms. The number of amides is 1. The van der Waals surface area contributed by atoms with Crippen molar-refractivity contribution in [2.75, 3.05) is 33.7 Å². The molecular formula is C17H28ClIN4O. The first-order valence-corrected chi connectivity index (χ1v) is 8.37. The second kappa shape index (κ2) is 13.3. The first kappa shape index (κ1) is 23.0. The van der Waals surface area contributed by atoms with Crippen molar-refractivity contribution in [2.45, 2.75) is 26.2 Å². The van der Waals surface area contributed by atoms with Crippen molar-refractivity contribution < 1.29 is 4.79 Å². The van der Waals surface area contributed by atoms with Crippen LogP contribution in [0.15, 0.2) is 29.3 Å². The molecule has 0 heterocycles. The smallest absolute Gasteiger partial charge is 0.243 e. The van der Waals surface area contributed by atoms with E-state index in [1.165, 1.54) is 5.56 Å². The van der Waals surface area contributed by atoms with Gasteiger partial charge >= 0.3 is 0 Å². The number of guanidine groups is 1. The molecule has 1 aromatic carbocycles. The molecule has 7 heteroatoms. The zero-order valence-electron chi connectivity index (χ0n) is 14.6. The van der Waals surface area contributed by atoms with Gasteiger partial charge in [-0.25, -0.2) is 4.99 Å². The van der Waals surface area contributed by atoms with Crippen molar-refractivity contribution in [3.8, 4) is 0 Å². The summed E-state index contributed by atoms with van der Waals surface area (Å²) in [5, 5.41) is 7.27. The fourth-order valence-corrected chi connectivity index (χ4v) is 2.08. The third-order valence-electron chi connectivity index (χ3n) is 3.29. The van der Waals surface area contributed by atoms with Crippen molar-refractivity contribution in [1.82, 2.24) is 15.5 Å². The van der Waals surface area contributed by atoms with Gasteiger partial charge in [-0.1, -0.05) is 37.1 Å². The molecule has 0 saturated carbocycles. The number of carbonyl (C=O) groups excluding carboxylic acids is 1. The summed E-state index contributed by atoms with van der Waals surface area (Å²) in [7, 11) is 3.46. The van der Waals surface area contributed by atoms with E-state index in [2.05, 4.69) is 22.5 Å². The fourth-order valence-electron chi connectivity index (χ4n) is 1.86. The molecule has 0 fully saturated rings. The van der Waals surface area contributed by atoms with Crippen molar-refractivity contribution in [3.63, 3.8) is 0 Å². The number of aliphatic imine (C=N–C) groups is 1. The molecule has 1 rings (SSSR count). The Balaban J connectivity index is 0.00000529. The molecule has 0 saturated heterocycles. The minimum Gasteiger partial charge on any atom is -0.356 e. The van der Waals surface area contributed by atoms with Gasteiger partial charge in [0.15, 0.2) is 5.96 Å². The number of carbonyl (C=O) groups is 1. The lowest BCUT2D eigenvalue weighted by Crippen LogP contribution is -2.40. The van der Waals surface area contributed by atoms with Gasteiger partial charge in [-0.05, 0) is 30.5 Å². The molecule has 0 aromatic heterocycles. The van der Waals surface area contributed by atoms with Crippen LogP contribution in [0, 0.1) is 0 Å². The van der Waals surface area contributed by atoms with E-state index in [9.17, 15) is 4.79 Å². The molecule has 0 unspecified atom stereocenters. The van der Waals surface area contributed by atoms with Gasteiger partial charge in [-0.3, -0.25) is 4.79 Å². The molecule has 0 bridgehead atoms. The zero-order valence-corrected chi connectivity index (χ0v) is 17.7. The summed E-state index contributed by atoms with van der Waals surface area (Å²) >= 11 is 5.99. The van der Waals surface area contributed by atoms with Crippen molar-refractivity contribution in [3.05, 3.63) is 34.9 Å². The van der Waals surface area contributed by atoms with E-state index in [0.717, 1.165) is 37.4 Å². The Morgan fingerprint density at radius 1 is 1.25 bits per heavy atom. The monoisotopic (exact) mass is 466 g/mol. The van der Waals surface area contributed by atoms with Gasteiger partial charge < -0.3 is 15.5 Å². The molecular weight excluding hydrogens is 439 g/mol. The Bertz CT molecular complexity index is 523. The number of unbranched alkanes of at least 4 members (excludes halogenated alkanes) is 1. The van der Waals surface area contributed by atoms with E-state index in [1.54, 1.807) is 19.0 Å². The maximum atomic E-state index is 11.7. The van der Waals surface area contributed by atoms with Crippen LogP contribution in [-0.2, 0) is 11.2 Å². The lowest BCUT2D eigenvalue weighted by atomic mass is 10.1. The predicted octanol–water partition coefficient (Wildman–Crippen LogP) is 2.92. The van der Waals surface area contributed by atoms with Crippen LogP contribution in [0.5, 0.6) is 0 Å². The van der Waals surface area contributed by atoms with Crippen LogP contribution in [0.1, 0.15) is 25.3 Å². The lowest BCUT2D eigenvalue weighted by molar-refractivity contribution is -0.127. The van der Waals surface area contributed by atoms with Gasteiger partial charge in [0.1, 0.15) is 6.54 Å². The summed E-state index contributed by atoms with van der Waals surface area (Å²) in [6, 6.07) is 7.82. The van der Waals surface area contributed by atoms with Crippen LogP contribution >= 0.6 is 35.6 Å². The highest BCUT2D eigenvalue weighted by molar-refractivity contribution is 14.0. The number of likely N-dealkylation sites (N-methyl/N-ethyl adjacent to an activating group) is 1. The van der Waals surface area contributed by atoms with Crippen LogP contribution in [0.3, 0.4) is 0 Å². The molecule has 1 amide bonds. The summed E-state index contributed by atoms with van der Waals surface area (Å²) < 4.78 is 0. The van der Waals surface area contributed by atoms with Crippen molar-refractivity contribution >= 4 is 47.4 Å². The minimum atomic E-state index is -0.0172. The molecule has 0 aliphatic carbocycles. The number of benzene rings is 1. The topological polar surface area (TPSA) is 56.7 Å². The second-order valence-corrected chi connectivity index (χ2v) is 5.98. The largest absolute Gasteiger partial charge is 0.356 e. The molecule has 0 radical (unpaired) electrons. The van der Waals surface area contributed by atoms with E-state index in [0.29, 0.717) is 5.96 Å². The number of hydrogen-bond acceptors (Lipinski definition) is 2. The highest BCUT2D eigenvalue weighted by Crippen LogP contribution is 2.10. The van der Waals surface area contributed by atoms with Gasteiger partial charge in [0.25, 0.3) is 0 Å². The molecule has 136 valence electrons. The number of nitrogens with one attached hydrogen (secondary N) is 2. The maximum Gasteiger partial charge on any atom is 0.243 e. The Morgan fingerprint density at radius 3 is 2.58 bits per heavy atom. The maximum absolute atomic E-state index is 11.7. The van der Waals surface area contributed by atoms with E-state index in [1.807, 2.05) is 24.3 Å².